The summed E-state index contributed by atoms with van der Waals surface area (Å²) >= 11 is 2.83. The molecule has 96 valence electrons. The Morgan fingerprint density at radius 3 is 2.24 bits per heavy atom. The number of alkyl halides is 3. The van der Waals surface area contributed by atoms with Gasteiger partial charge in [-0.25, -0.2) is 12.8 Å². The van der Waals surface area contributed by atoms with Gasteiger partial charge in [0.2, 0.25) is 9.05 Å². The van der Waals surface area contributed by atoms with E-state index in [2.05, 4.69) is 15.9 Å². The topological polar surface area (TPSA) is 34.1 Å². The fraction of sp³-hybridized carbons (Fsp3) is 0.250. The van der Waals surface area contributed by atoms with E-state index in [0.29, 0.717) is 0 Å². The normalized spacial score (nSPS) is 14.7. The fourth-order valence-corrected chi connectivity index (χ4v) is 2.98. The molecule has 0 spiro atoms. The fourth-order valence-electron chi connectivity index (χ4n) is 1.20. The Bertz CT molecular complexity index is 529. The van der Waals surface area contributed by atoms with Crippen LogP contribution < -0.4 is 0 Å². The minimum absolute atomic E-state index is 0.114. The van der Waals surface area contributed by atoms with E-state index < -0.39 is 31.9 Å². The third-order valence-corrected chi connectivity index (χ3v) is 3.93. The van der Waals surface area contributed by atoms with Crippen molar-refractivity contribution in [2.45, 2.75) is 11.4 Å². The van der Waals surface area contributed by atoms with Crippen molar-refractivity contribution in [2.24, 2.45) is 0 Å². The molecule has 1 aromatic rings. The first-order valence-corrected chi connectivity index (χ1v) is 7.15. The summed E-state index contributed by atoms with van der Waals surface area (Å²) in [7, 11) is -0.316. The highest BCUT2D eigenvalue weighted by molar-refractivity contribution is 9.10. The highest BCUT2D eigenvalue weighted by Crippen LogP contribution is 2.42. The molecule has 1 rings (SSSR count). The molecule has 0 aliphatic carbocycles. The van der Waals surface area contributed by atoms with Crippen molar-refractivity contribution in [1.82, 2.24) is 0 Å². The van der Waals surface area contributed by atoms with Crippen LogP contribution in [0.25, 0.3) is 0 Å². The summed E-state index contributed by atoms with van der Waals surface area (Å²) in [4.78, 5) is 0. The van der Waals surface area contributed by atoms with Gasteiger partial charge in [-0.1, -0.05) is 15.9 Å². The van der Waals surface area contributed by atoms with Crippen molar-refractivity contribution in [3.8, 4) is 0 Å². The summed E-state index contributed by atoms with van der Waals surface area (Å²) in [6, 6.07) is 2.60. The van der Waals surface area contributed by atoms with Gasteiger partial charge in [0.25, 0.3) is 0 Å². The summed E-state index contributed by atoms with van der Waals surface area (Å²) in [5.74, 6) is -1.29. The Morgan fingerprint density at radius 1 is 1.29 bits per heavy atom. The Morgan fingerprint density at radius 2 is 1.82 bits per heavy atom. The van der Waals surface area contributed by atoms with Gasteiger partial charge in [0, 0.05) is 20.7 Å². The maximum Gasteiger partial charge on any atom is 0.410 e. The van der Waals surface area contributed by atoms with Crippen LogP contribution in [-0.2, 0) is 9.05 Å². The van der Waals surface area contributed by atoms with Crippen molar-refractivity contribution in [3.63, 3.8) is 0 Å². The maximum atomic E-state index is 13.2. The molecule has 2 nitrogen and oxygen atoms in total. The first-order valence-electron chi connectivity index (χ1n) is 3.98. The van der Waals surface area contributed by atoms with E-state index in [-0.39, 0.29) is 4.47 Å². The molecule has 1 unspecified atom stereocenters. The predicted molar refractivity (Wildman–Crippen MR) is 57.7 cm³/mol. The lowest BCUT2D eigenvalue weighted by atomic mass is 10.1. The second-order valence-electron chi connectivity index (χ2n) is 3.06. The van der Waals surface area contributed by atoms with Crippen LogP contribution in [0.2, 0.25) is 0 Å². The van der Waals surface area contributed by atoms with E-state index >= 15 is 0 Å². The Kier molecular flexibility index (Phi) is 4.10. The average molecular weight is 356 g/mol. The molecule has 1 atom stereocenters. The second kappa shape index (κ2) is 4.74. The zero-order chi connectivity index (χ0) is 13.4. The molecular weight excluding hydrogens is 352 g/mol. The molecule has 9 heteroatoms. The third kappa shape index (κ3) is 3.56. The van der Waals surface area contributed by atoms with Crippen LogP contribution in [0.15, 0.2) is 22.7 Å². The van der Waals surface area contributed by atoms with Crippen LogP contribution in [0, 0.1) is 5.82 Å². The lowest BCUT2D eigenvalue weighted by Gasteiger charge is -2.18. The van der Waals surface area contributed by atoms with Gasteiger partial charge < -0.3 is 0 Å². The Balaban J connectivity index is 3.49. The van der Waals surface area contributed by atoms with Crippen LogP contribution in [0.1, 0.15) is 10.8 Å². The largest absolute Gasteiger partial charge is 0.410 e. The lowest BCUT2D eigenvalue weighted by molar-refractivity contribution is -0.131. The zero-order valence-electron chi connectivity index (χ0n) is 7.80. The molecular formula is C8H4BrClF4O2S. The Labute approximate surface area is 107 Å². The standard InChI is InChI=1S/C8H4BrClF4O2S/c9-4-1-2-6(11)5(3-4)7(8(12,13)14)17(10,15)16/h1-3,7H. The molecule has 0 fully saturated rings. The first-order chi connectivity index (χ1) is 7.53. The molecule has 1 aromatic carbocycles. The summed E-state index contributed by atoms with van der Waals surface area (Å²) in [6.07, 6.45) is -5.19. The predicted octanol–water partition coefficient (Wildman–Crippen LogP) is 3.76. The second-order valence-corrected chi connectivity index (χ2v) is 6.69. The number of halogens is 6. The summed E-state index contributed by atoms with van der Waals surface area (Å²) < 4.78 is 72.9. The van der Waals surface area contributed by atoms with Gasteiger partial charge in [-0.2, -0.15) is 13.2 Å². The Hall–Kier alpha value is -0.340. The molecule has 17 heavy (non-hydrogen) atoms. The number of hydrogen-bond donors (Lipinski definition) is 0. The molecule has 0 aromatic heterocycles. The van der Waals surface area contributed by atoms with E-state index in [9.17, 15) is 26.0 Å². The SMILES string of the molecule is O=S(=O)(Cl)C(c1cc(Br)ccc1F)C(F)(F)F. The van der Waals surface area contributed by atoms with E-state index in [1.54, 1.807) is 0 Å². The number of hydrogen-bond acceptors (Lipinski definition) is 2. The van der Waals surface area contributed by atoms with Gasteiger partial charge in [-0.05, 0) is 18.2 Å². The summed E-state index contributed by atoms with van der Waals surface area (Å²) in [5, 5.41) is -3.09. The molecule has 0 radical (unpaired) electrons. The lowest BCUT2D eigenvalue weighted by Crippen LogP contribution is -2.26. The quantitative estimate of drug-likeness (QED) is 0.598. The summed E-state index contributed by atoms with van der Waals surface area (Å²) in [6.45, 7) is 0. The molecule has 0 N–H and O–H groups in total. The van der Waals surface area contributed by atoms with E-state index in [1.165, 1.54) is 0 Å². The van der Waals surface area contributed by atoms with Gasteiger partial charge in [0.1, 0.15) is 5.82 Å². The van der Waals surface area contributed by atoms with Crippen molar-refractivity contribution < 1.29 is 26.0 Å². The smallest absolute Gasteiger partial charge is 0.211 e. The van der Waals surface area contributed by atoms with Gasteiger partial charge in [-0.3, -0.25) is 0 Å². The maximum absolute atomic E-state index is 13.2. The zero-order valence-corrected chi connectivity index (χ0v) is 11.0. The molecule has 0 aliphatic rings. The van der Waals surface area contributed by atoms with Crippen LogP contribution in [0.4, 0.5) is 17.6 Å². The van der Waals surface area contributed by atoms with Crippen LogP contribution in [-0.4, -0.2) is 14.6 Å². The average Bonchev–Trinajstić information content (AvgIpc) is 2.06. The highest BCUT2D eigenvalue weighted by atomic mass is 79.9. The monoisotopic (exact) mass is 354 g/mol. The van der Waals surface area contributed by atoms with Crippen molar-refractivity contribution in [2.75, 3.05) is 0 Å². The van der Waals surface area contributed by atoms with Gasteiger partial charge >= 0.3 is 6.18 Å². The molecule has 0 amide bonds. The van der Waals surface area contributed by atoms with Gasteiger partial charge in [0.05, 0.1) is 0 Å². The summed E-state index contributed by atoms with van der Waals surface area (Å²) in [5.41, 5.74) is -1.04. The number of rotatable bonds is 2. The number of benzene rings is 1. The molecule has 0 aliphatic heterocycles. The van der Waals surface area contributed by atoms with Crippen molar-refractivity contribution in [3.05, 3.63) is 34.1 Å². The van der Waals surface area contributed by atoms with E-state index in [0.717, 1.165) is 18.2 Å². The third-order valence-electron chi connectivity index (χ3n) is 1.82. The van der Waals surface area contributed by atoms with E-state index in [4.69, 9.17) is 10.7 Å². The minimum Gasteiger partial charge on any atom is -0.211 e. The van der Waals surface area contributed by atoms with Crippen LogP contribution in [0.3, 0.4) is 0 Å². The van der Waals surface area contributed by atoms with Gasteiger partial charge in [0.15, 0.2) is 5.25 Å². The van der Waals surface area contributed by atoms with Crippen molar-refractivity contribution >= 4 is 35.7 Å². The molecule has 0 saturated carbocycles. The highest BCUT2D eigenvalue weighted by Gasteiger charge is 2.50. The van der Waals surface area contributed by atoms with Crippen molar-refractivity contribution in [1.29, 1.82) is 0 Å². The van der Waals surface area contributed by atoms with E-state index in [1.807, 2.05) is 0 Å². The van der Waals surface area contributed by atoms with Crippen LogP contribution >= 0.6 is 26.6 Å². The first kappa shape index (κ1) is 14.7. The van der Waals surface area contributed by atoms with Crippen LogP contribution in [0.5, 0.6) is 0 Å². The molecule has 0 bridgehead atoms. The molecule has 0 heterocycles. The van der Waals surface area contributed by atoms with Gasteiger partial charge in [-0.15, -0.1) is 0 Å². The molecule has 0 saturated heterocycles. The minimum atomic E-state index is -5.19.